The quantitative estimate of drug-likeness (QED) is 0.543. The van der Waals surface area contributed by atoms with Gasteiger partial charge in [0.1, 0.15) is 5.75 Å². The van der Waals surface area contributed by atoms with Crippen LogP contribution in [0.1, 0.15) is 11.3 Å². The molecule has 3 nitrogen and oxygen atoms in total. The van der Waals surface area contributed by atoms with Crippen molar-refractivity contribution in [2.24, 2.45) is 4.99 Å². The fourth-order valence-corrected chi connectivity index (χ4v) is 2.71. The minimum atomic E-state index is 0.856. The first-order valence-electron chi connectivity index (χ1n) is 6.87. The zero-order valence-corrected chi connectivity index (χ0v) is 11.7. The maximum atomic E-state index is 5.33. The van der Waals surface area contributed by atoms with E-state index in [1.54, 1.807) is 7.11 Å². The number of benzene rings is 2. The van der Waals surface area contributed by atoms with Crippen molar-refractivity contribution in [2.45, 2.75) is 0 Å². The smallest absolute Gasteiger partial charge is 0.120 e. The third kappa shape index (κ3) is 1.86. The summed E-state index contributed by atoms with van der Waals surface area (Å²) in [5.74, 6) is 0.856. The summed E-state index contributed by atoms with van der Waals surface area (Å²) in [4.78, 5) is 4.82. The van der Waals surface area contributed by atoms with Gasteiger partial charge < -0.3 is 9.30 Å². The average molecular weight is 274 g/mol. The van der Waals surface area contributed by atoms with Crippen molar-refractivity contribution in [3.63, 3.8) is 0 Å². The third-order valence-corrected chi connectivity index (χ3v) is 3.71. The molecule has 1 aliphatic rings. The van der Waals surface area contributed by atoms with Crippen molar-refractivity contribution in [1.29, 1.82) is 0 Å². The number of nitrogens with zero attached hydrogens (tertiary/aromatic N) is 2. The topological polar surface area (TPSA) is 26.5 Å². The van der Waals surface area contributed by atoms with E-state index in [4.69, 9.17) is 9.73 Å². The van der Waals surface area contributed by atoms with Crippen LogP contribution in [0.5, 0.6) is 5.75 Å². The van der Waals surface area contributed by atoms with Crippen LogP contribution in [0, 0.1) is 0 Å². The van der Waals surface area contributed by atoms with Crippen LogP contribution in [0.25, 0.3) is 5.69 Å². The summed E-state index contributed by atoms with van der Waals surface area (Å²) in [7, 11) is 1.69. The lowest BCUT2D eigenvalue weighted by Crippen LogP contribution is -1.97. The molecule has 3 aromatic rings. The number of aromatic nitrogens is 1. The molecule has 0 spiro atoms. The normalized spacial score (nSPS) is 14.0. The Balaban J connectivity index is 1.93. The van der Waals surface area contributed by atoms with Crippen LogP contribution in [0.2, 0.25) is 0 Å². The Morgan fingerprint density at radius 2 is 1.81 bits per heavy atom. The minimum absolute atomic E-state index is 0.856. The van der Waals surface area contributed by atoms with Gasteiger partial charge in [-0.1, -0.05) is 18.2 Å². The fourth-order valence-electron chi connectivity index (χ4n) is 2.71. The molecule has 0 fully saturated rings. The van der Waals surface area contributed by atoms with Gasteiger partial charge in [-0.2, -0.15) is 0 Å². The number of ether oxygens (including phenoxy) is 1. The highest BCUT2D eigenvalue weighted by Gasteiger charge is 2.24. The predicted octanol–water partition coefficient (Wildman–Crippen LogP) is 3.97. The molecule has 0 unspecified atom stereocenters. The highest BCUT2D eigenvalue weighted by Crippen LogP contribution is 2.33. The lowest BCUT2D eigenvalue weighted by atomic mass is 10.1. The summed E-state index contributed by atoms with van der Waals surface area (Å²) < 4.78 is 7.48. The first-order chi connectivity index (χ1) is 10.4. The van der Waals surface area contributed by atoms with Gasteiger partial charge in [0.25, 0.3) is 0 Å². The van der Waals surface area contributed by atoms with Gasteiger partial charge in [0.15, 0.2) is 0 Å². The van der Waals surface area contributed by atoms with Crippen molar-refractivity contribution in [1.82, 2.24) is 4.57 Å². The molecule has 0 saturated carbocycles. The Morgan fingerprint density at radius 1 is 0.952 bits per heavy atom. The first-order valence-corrected chi connectivity index (χ1v) is 6.87. The second-order valence-corrected chi connectivity index (χ2v) is 4.94. The van der Waals surface area contributed by atoms with Gasteiger partial charge in [-0.3, -0.25) is 0 Å². The minimum Gasteiger partial charge on any atom is -0.497 e. The predicted molar refractivity (Wildman–Crippen MR) is 84.1 cm³/mol. The van der Waals surface area contributed by atoms with Crippen LogP contribution in [-0.4, -0.2) is 17.4 Å². The standard InChI is InChI=1S/C18H14N2O/c1-21-14-9-10-15-17(12-14)20-11-5-8-16(20)18(15)19-13-6-3-2-4-7-13/h2-12H,1H3. The SMILES string of the molecule is COc1ccc2c(c1)-n1cccc1C2=Nc1ccccc1. The molecule has 0 radical (unpaired) electrons. The number of aliphatic imine (C=N–C) groups is 1. The van der Waals surface area contributed by atoms with Gasteiger partial charge in [0, 0.05) is 17.8 Å². The summed E-state index contributed by atoms with van der Waals surface area (Å²) in [6.45, 7) is 0. The lowest BCUT2D eigenvalue weighted by molar-refractivity contribution is 0.414. The van der Waals surface area contributed by atoms with Crippen LogP contribution in [0.15, 0.2) is 71.9 Å². The van der Waals surface area contributed by atoms with Crippen LogP contribution in [-0.2, 0) is 0 Å². The molecule has 2 heterocycles. The van der Waals surface area contributed by atoms with E-state index >= 15 is 0 Å². The molecule has 1 aliphatic heterocycles. The van der Waals surface area contributed by atoms with Crippen molar-refractivity contribution in [2.75, 3.05) is 7.11 Å². The lowest BCUT2D eigenvalue weighted by Gasteiger charge is -2.05. The van der Waals surface area contributed by atoms with Gasteiger partial charge >= 0.3 is 0 Å². The maximum absolute atomic E-state index is 5.33. The Kier molecular flexibility index (Phi) is 2.64. The van der Waals surface area contributed by atoms with Crippen LogP contribution in [0.4, 0.5) is 5.69 Å². The summed E-state index contributed by atoms with van der Waals surface area (Å²) in [6, 6.07) is 20.3. The van der Waals surface area contributed by atoms with E-state index in [1.165, 1.54) is 0 Å². The number of hydrogen-bond acceptors (Lipinski definition) is 2. The molecular formula is C18H14N2O. The zero-order chi connectivity index (χ0) is 14.2. The summed E-state index contributed by atoms with van der Waals surface area (Å²) in [6.07, 6.45) is 2.06. The average Bonchev–Trinajstić information content (AvgIpc) is 3.11. The Morgan fingerprint density at radius 3 is 2.62 bits per heavy atom. The first kappa shape index (κ1) is 12.0. The number of para-hydroxylation sites is 1. The van der Waals surface area contributed by atoms with Crippen LogP contribution in [0.3, 0.4) is 0 Å². The second-order valence-electron chi connectivity index (χ2n) is 4.94. The molecule has 0 saturated heterocycles. The molecule has 0 bridgehead atoms. The van der Waals surface area contributed by atoms with E-state index in [9.17, 15) is 0 Å². The largest absolute Gasteiger partial charge is 0.497 e. The van der Waals surface area contributed by atoms with Crippen molar-refractivity contribution in [3.05, 3.63) is 78.1 Å². The van der Waals surface area contributed by atoms with E-state index in [0.29, 0.717) is 0 Å². The molecule has 21 heavy (non-hydrogen) atoms. The number of rotatable bonds is 2. The number of methoxy groups -OCH3 is 1. The van der Waals surface area contributed by atoms with Gasteiger partial charge in [-0.05, 0) is 36.4 Å². The monoisotopic (exact) mass is 274 g/mol. The molecule has 2 aromatic carbocycles. The summed E-state index contributed by atoms with van der Waals surface area (Å²) >= 11 is 0. The fraction of sp³-hybridized carbons (Fsp3) is 0.0556. The second kappa shape index (κ2) is 4.63. The maximum Gasteiger partial charge on any atom is 0.120 e. The van der Waals surface area contributed by atoms with Crippen LogP contribution < -0.4 is 4.74 Å². The van der Waals surface area contributed by atoms with E-state index in [-0.39, 0.29) is 0 Å². The molecule has 0 atom stereocenters. The van der Waals surface area contributed by atoms with E-state index in [2.05, 4.69) is 22.9 Å². The Bertz CT molecular complexity index is 831. The van der Waals surface area contributed by atoms with Crippen molar-refractivity contribution in [3.8, 4) is 11.4 Å². The molecule has 0 N–H and O–H groups in total. The molecule has 4 rings (SSSR count). The highest BCUT2D eigenvalue weighted by molar-refractivity contribution is 6.18. The molecule has 1 aromatic heterocycles. The van der Waals surface area contributed by atoms with Gasteiger partial charge in [0.05, 0.1) is 29.9 Å². The highest BCUT2D eigenvalue weighted by atomic mass is 16.5. The van der Waals surface area contributed by atoms with E-state index in [0.717, 1.165) is 34.1 Å². The number of fused-ring (bicyclic) bond motifs is 3. The van der Waals surface area contributed by atoms with E-state index < -0.39 is 0 Å². The van der Waals surface area contributed by atoms with Gasteiger partial charge in [0.2, 0.25) is 0 Å². The Hall–Kier alpha value is -2.81. The molecule has 0 amide bonds. The summed E-state index contributed by atoms with van der Waals surface area (Å²) in [5.41, 5.74) is 5.33. The van der Waals surface area contributed by atoms with Crippen LogP contribution >= 0.6 is 0 Å². The van der Waals surface area contributed by atoms with Gasteiger partial charge in [-0.15, -0.1) is 0 Å². The van der Waals surface area contributed by atoms with Gasteiger partial charge in [-0.25, -0.2) is 4.99 Å². The number of hydrogen-bond donors (Lipinski definition) is 0. The molecular weight excluding hydrogens is 260 g/mol. The van der Waals surface area contributed by atoms with E-state index in [1.807, 2.05) is 48.5 Å². The Labute approximate surface area is 123 Å². The zero-order valence-electron chi connectivity index (χ0n) is 11.7. The summed E-state index contributed by atoms with van der Waals surface area (Å²) in [5, 5.41) is 0. The molecule has 3 heteroatoms. The molecule has 102 valence electrons. The third-order valence-electron chi connectivity index (χ3n) is 3.71. The van der Waals surface area contributed by atoms with Crippen molar-refractivity contribution < 1.29 is 4.74 Å². The van der Waals surface area contributed by atoms with Crippen molar-refractivity contribution >= 4 is 11.4 Å². The molecule has 0 aliphatic carbocycles.